The lowest BCUT2D eigenvalue weighted by Gasteiger charge is -2.19. The predicted octanol–water partition coefficient (Wildman–Crippen LogP) is 2.71. The van der Waals surface area contributed by atoms with Crippen LogP contribution in [0.25, 0.3) is 0 Å². The highest BCUT2D eigenvalue weighted by Crippen LogP contribution is 2.26. The molecule has 0 spiro atoms. The quantitative estimate of drug-likeness (QED) is 0.845. The second-order valence-electron chi connectivity index (χ2n) is 4.58. The van der Waals surface area contributed by atoms with Crippen molar-refractivity contribution in [1.82, 2.24) is 0 Å². The van der Waals surface area contributed by atoms with E-state index in [1.807, 2.05) is 19.9 Å². The van der Waals surface area contributed by atoms with Gasteiger partial charge in [0, 0.05) is 0 Å². The molecule has 88 valence electrons. The summed E-state index contributed by atoms with van der Waals surface area (Å²) in [5.74, 6) is 0.889. The van der Waals surface area contributed by atoms with Crippen molar-refractivity contribution in [2.45, 2.75) is 51.7 Å². The summed E-state index contributed by atoms with van der Waals surface area (Å²) in [5, 5.41) is 9.66. The molecule has 2 heteroatoms. The first-order chi connectivity index (χ1) is 7.70. The molecular weight excluding hydrogens is 200 g/mol. The molecule has 0 aliphatic heterocycles. The van der Waals surface area contributed by atoms with Gasteiger partial charge in [0.05, 0.1) is 6.10 Å². The summed E-state index contributed by atoms with van der Waals surface area (Å²) < 4.78 is 5.74. The molecular formula is C14H20O2. The highest BCUT2D eigenvalue weighted by Gasteiger charge is 2.15. The lowest BCUT2D eigenvalue weighted by Crippen LogP contribution is -2.27. The summed E-state index contributed by atoms with van der Waals surface area (Å²) in [6.07, 6.45) is 3.83. The monoisotopic (exact) mass is 220 g/mol. The van der Waals surface area contributed by atoms with Gasteiger partial charge in [-0.1, -0.05) is 13.0 Å². The van der Waals surface area contributed by atoms with Crippen LogP contribution in [0.1, 0.15) is 37.8 Å². The molecule has 0 radical (unpaired) electrons. The van der Waals surface area contributed by atoms with E-state index in [4.69, 9.17) is 4.74 Å². The van der Waals surface area contributed by atoms with E-state index in [0.717, 1.165) is 18.6 Å². The Hall–Kier alpha value is -1.02. The molecule has 16 heavy (non-hydrogen) atoms. The van der Waals surface area contributed by atoms with Gasteiger partial charge in [0.15, 0.2) is 0 Å². The molecule has 0 fully saturated rings. The van der Waals surface area contributed by atoms with E-state index < -0.39 is 0 Å². The third-order valence-corrected chi connectivity index (χ3v) is 3.35. The number of rotatable bonds is 4. The van der Waals surface area contributed by atoms with Crippen LogP contribution >= 0.6 is 0 Å². The minimum absolute atomic E-state index is 0.135. The normalized spacial score (nSPS) is 17.9. The fourth-order valence-corrected chi connectivity index (χ4v) is 2.25. The third-order valence-electron chi connectivity index (χ3n) is 3.35. The van der Waals surface area contributed by atoms with E-state index in [2.05, 4.69) is 12.1 Å². The second-order valence-corrected chi connectivity index (χ2v) is 4.58. The van der Waals surface area contributed by atoms with Crippen molar-refractivity contribution < 1.29 is 9.84 Å². The summed E-state index contributed by atoms with van der Waals surface area (Å²) in [7, 11) is 0. The third kappa shape index (κ3) is 2.38. The fraction of sp³-hybridized carbons (Fsp3) is 0.571. The number of aliphatic hydroxyl groups is 1. The van der Waals surface area contributed by atoms with Crippen LogP contribution in [0.3, 0.4) is 0 Å². The van der Waals surface area contributed by atoms with Crippen LogP contribution in [0.15, 0.2) is 18.2 Å². The molecule has 1 aliphatic carbocycles. The smallest absolute Gasteiger partial charge is 0.122 e. The molecule has 2 atom stereocenters. The molecule has 0 aromatic heterocycles. The van der Waals surface area contributed by atoms with Crippen LogP contribution in [0, 0.1) is 0 Å². The van der Waals surface area contributed by atoms with E-state index in [1.54, 1.807) is 0 Å². The molecule has 1 aromatic carbocycles. The molecule has 2 rings (SSSR count). The van der Waals surface area contributed by atoms with Crippen molar-refractivity contribution in [3.05, 3.63) is 29.3 Å². The van der Waals surface area contributed by atoms with Gasteiger partial charge in [0.2, 0.25) is 0 Å². The summed E-state index contributed by atoms with van der Waals surface area (Å²) in [6.45, 7) is 3.88. The molecule has 2 nitrogen and oxygen atoms in total. The first kappa shape index (κ1) is 11.5. The van der Waals surface area contributed by atoms with Gasteiger partial charge in [-0.05, 0) is 55.9 Å². The number of benzene rings is 1. The minimum Gasteiger partial charge on any atom is -0.488 e. The Morgan fingerprint density at radius 3 is 2.81 bits per heavy atom. The highest BCUT2D eigenvalue weighted by molar-refractivity contribution is 5.38. The van der Waals surface area contributed by atoms with Crippen LogP contribution in [0.5, 0.6) is 5.75 Å². The molecule has 1 aromatic rings. The van der Waals surface area contributed by atoms with Gasteiger partial charge < -0.3 is 9.84 Å². The Labute approximate surface area is 97.3 Å². The molecule has 0 heterocycles. The lowest BCUT2D eigenvalue weighted by atomic mass is 10.1. The van der Waals surface area contributed by atoms with E-state index in [0.29, 0.717) is 0 Å². The van der Waals surface area contributed by atoms with Gasteiger partial charge in [-0.25, -0.2) is 0 Å². The van der Waals surface area contributed by atoms with Crippen LogP contribution in [-0.4, -0.2) is 17.3 Å². The maximum absolute atomic E-state index is 9.66. The van der Waals surface area contributed by atoms with Crippen LogP contribution < -0.4 is 4.74 Å². The average molecular weight is 220 g/mol. The Morgan fingerprint density at radius 1 is 1.31 bits per heavy atom. The Balaban J connectivity index is 2.05. The molecule has 1 aliphatic rings. The van der Waals surface area contributed by atoms with Gasteiger partial charge >= 0.3 is 0 Å². The number of ether oxygens (including phenoxy) is 1. The summed E-state index contributed by atoms with van der Waals surface area (Å²) in [5.41, 5.74) is 2.87. The van der Waals surface area contributed by atoms with E-state index >= 15 is 0 Å². The highest BCUT2D eigenvalue weighted by atomic mass is 16.5. The maximum atomic E-state index is 9.66. The number of hydrogen-bond acceptors (Lipinski definition) is 2. The van der Waals surface area contributed by atoms with E-state index in [1.165, 1.54) is 24.0 Å². The number of aryl methyl sites for hydroxylation is 2. The first-order valence-corrected chi connectivity index (χ1v) is 6.17. The molecule has 0 bridgehead atoms. The average Bonchev–Trinajstić information content (AvgIpc) is 2.75. The molecule has 0 amide bonds. The van der Waals surface area contributed by atoms with Crippen LogP contribution in [-0.2, 0) is 12.8 Å². The zero-order valence-electron chi connectivity index (χ0n) is 10.1. The SMILES string of the molecule is CCC(O)C(C)Oc1ccc2c(c1)CCC2. The number of hydrogen-bond donors (Lipinski definition) is 1. The fourth-order valence-electron chi connectivity index (χ4n) is 2.25. The topological polar surface area (TPSA) is 29.5 Å². The van der Waals surface area contributed by atoms with Gasteiger partial charge in [-0.3, -0.25) is 0 Å². The molecule has 1 N–H and O–H groups in total. The van der Waals surface area contributed by atoms with Crippen molar-refractivity contribution in [1.29, 1.82) is 0 Å². The van der Waals surface area contributed by atoms with Crippen LogP contribution in [0.2, 0.25) is 0 Å². The number of fused-ring (bicyclic) bond motifs is 1. The first-order valence-electron chi connectivity index (χ1n) is 6.17. The molecule has 0 saturated carbocycles. The van der Waals surface area contributed by atoms with E-state index in [-0.39, 0.29) is 12.2 Å². The van der Waals surface area contributed by atoms with Gasteiger partial charge in [-0.15, -0.1) is 0 Å². The zero-order valence-corrected chi connectivity index (χ0v) is 10.1. The maximum Gasteiger partial charge on any atom is 0.122 e. The van der Waals surface area contributed by atoms with Gasteiger partial charge in [0.25, 0.3) is 0 Å². The van der Waals surface area contributed by atoms with Crippen molar-refractivity contribution in [3.63, 3.8) is 0 Å². The largest absolute Gasteiger partial charge is 0.488 e. The Morgan fingerprint density at radius 2 is 2.06 bits per heavy atom. The van der Waals surface area contributed by atoms with Crippen molar-refractivity contribution in [3.8, 4) is 5.75 Å². The van der Waals surface area contributed by atoms with Crippen LogP contribution in [0.4, 0.5) is 0 Å². The molecule has 2 unspecified atom stereocenters. The summed E-state index contributed by atoms with van der Waals surface area (Å²) >= 11 is 0. The van der Waals surface area contributed by atoms with E-state index in [9.17, 15) is 5.11 Å². The Kier molecular flexibility index (Phi) is 3.49. The minimum atomic E-state index is -0.381. The standard InChI is InChI=1S/C14H20O2/c1-3-14(15)10(2)16-13-8-7-11-5-4-6-12(11)9-13/h7-10,14-15H,3-6H2,1-2H3. The van der Waals surface area contributed by atoms with Crippen molar-refractivity contribution in [2.24, 2.45) is 0 Å². The van der Waals surface area contributed by atoms with Crippen molar-refractivity contribution in [2.75, 3.05) is 0 Å². The Bertz CT molecular complexity index is 360. The second kappa shape index (κ2) is 4.88. The number of aliphatic hydroxyl groups excluding tert-OH is 1. The van der Waals surface area contributed by atoms with Crippen molar-refractivity contribution >= 4 is 0 Å². The molecule has 0 saturated heterocycles. The van der Waals surface area contributed by atoms with Gasteiger partial charge in [-0.2, -0.15) is 0 Å². The summed E-state index contributed by atoms with van der Waals surface area (Å²) in [4.78, 5) is 0. The lowest BCUT2D eigenvalue weighted by molar-refractivity contribution is 0.0451. The predicted molar refractivity (Wildman–Crippen MR) is 64.9 cm³/mol. The van der Waals surface area contributed by atoms with Gasteiger partial charge in [0.1, 0.15) is 11.9 Å². The summed E-state index contributed by atoms with van der Waals surface area (Å²) in [6, 6.07) is 6.30. The zero-order chi connectivity index (χ0) is 11.5.